The Kier molecular flexibility index (Phi) is 5.18. The molecule has 116 valence electrons. The summed E-state index contributed by atoms with van der Waals surface area (Å²) in [5.41, 5.74) is 1.46. The number of aromatic nitrogens is 1. The second-order valence-electron chi connectivity index (χ2n) is 5.61. The zero-order chi connectivity index (χ0) is 16.1. The smallest absolute Gasteiger partial charge is 0.146 e. The van der Waals surface area contributed by atoms with Gasteiger partial charge in [0.05, 0.1) is 18.2 Å². The molecule has 1 heterocycles. The summed E-state index contributed by atoms with van der Waals surface area (Å²) in [7, 11) is 7.73. The number of rotatable bonds is 6. The number of ether oxygens (including phenoxy) is 1. The van der Waals surface area contributed by atoms with Crippen molar-refractivity contribution in [1.82, 2.24) is 9.88 Å². The van der Waals surface area contributed by atoms with Crippen molar-refractivity contribution in [2.24, 2.45) is 0 Å². The number of hydrogen-bond donors (Lipinski definition) is 0. The molecule has 0 radical (unpaired) electrons. The molecule has 22 heavy (non-hydrogen) atoms. The lowest BCUT2D eigenvalue weighted by molar-refractivity contribution is 0.401. The van der Waals surface area contributed by atoms with Crippen molar-refractivity contribution in [3.05, 3.63) is 29.8 Å². The lowest BCUT2D eigenvalue weighted by Crippen LogP contribution is -2.24. The zero-order valence-corrected chi connectivity index (χ0v) is 13.6. The first kappa shape index (κ1) is 16.1. The average molecular weight is 298 g/mol. The summed E-state index contributed by atoms with van der Waals surface area (Å²) in [6.07, 6.45) is 1.02. The van der Waals surface area contributed by atoms with Gasteiger partial charge in [-0.3, -0.25) is 0 Å². The topological polar surface area (TPSA) is 52.4 Å². The van der Waals surface area contributed by atoms with Gasteiger partial charge in [0, 0.05) is 19.0 Å². The van der Waals surface area contributed by atoms with E-state index in [-0.39, 0.29) is 0 Å². The summed E-state index contributed by atoms with van der Waals surface area (Å²) in [5.74, 6) is 1.50. The van der Waals surface area contributed by atoms with Crippen LogP contribution in [0, 0.1) is 11.3 Å². The van der Waals surface area contributed by atoms with Crippen LogP contribution in [0.5, 0.6) is 5.75 Å². The summed E-state index contributed by atoms with van der Waals surface area (Å²) in [5, 5.41) is 10.3. The number of pyridine rings is 1. The number of benzene rings is 1. The minimum Gasteiger partial charge on any atom is -0.497 e. The van der Waals surface area contributed by atoms with E-state index in [9.17, 15) is 5.26 Å². The van der Waals surface area contributed by atoms with E-state index >= 15 is 0 Å². The van der Waals surface area contributed by atoms with Crippen LogP contribution in [-0.4, -0.2) is 51.2 Å². The molecule has 0 aliphatic carbocycles. The van der Waals surface area contributed by atoms with Crippen LogP contribution in [0.1, 0.15) is 12.0 Å². The third-order valence-electron chi connectivity index (χ3n) is 3.58. The Labute approximate surface area is 131 Å². The summed E-state index contributed by atoms with van der Waals surface area (Å²) in [4.78, 5) is 8.85. The zero-order valence-electron chi connectivity index (χ0n) is 13.6. The quantitative estimate of drug-likeness (QED) is 0.820. The Balaban J connectivity index is 2.30. The van der Waals surface area contributed by atoms with Crippen LogP contribution < -0.4 is 9.64 Å². The fourth-order valence-corrected chi connectivity index (χ4v) is 2.37. The van der Waals surface area contributed by atoms with Crippen molar-refractivity contribution in [2.45, 2.75) is 6.42 Å². The van der Waals surface area contributed by atoms with Gasteiger partial charge in [0.25, 0.3) is 0 Å². The molecule has 5 heteroatoms. The molecule has 0 unspecified atom stereocenters. The Morgan fingerprint density at radius 1 is 1.18 bits per heavy atom. The maximum atomic E-state index is 9.41. The molecular formula is C17H22N4O. The molecule has 1 aromatic carbocycles. The SMILES string of the molecule is COc1ccc2nc(N(C)CCCN(C)C)c(C#N)cc2c1. The standard InChI is InChI=1S/C17H22N4O/c1-20(2)8-5-9-21(3)17-14(12-18)10-13-11-15(22-4)6-7-16(13)19-17/h6-7,10-11H,5,8-9H2,1-4H3. The first-order chi connectivity index (χ1) is 10.5. The third kappa shape index (κ3) is 3.66. The third-order valence-corrected chi connectivity index (χ3v) is 3.58. The van der Waals surface area contributed by atoms with Gasteiger partial charge in [-0.2, -0.15) is 5.26 Å². The molecule has 0 N–H and O–H groups in total. The van der Waals surface area contributed by atoms with E-state index in [0.29, 0.717) is 5.56 Å². The second kappa shape index (κ2) is 7.10. The summed E-state index contributed by atoms with van der Waals surface area (Å²) < 4.78 is 5.22. The molecule has 0 atom stereocenters. The van der Waals surface area contributed by atoms with Crippen LogP contribution in [0.25, 0.3) is 10.9 Å². The van der Waals surface area contributed by atoms with E-state index in [1.54, 1.807) is 7.11 Å². The molecule has 0 saturated heterocycles. The van der Waals surface area contributed by atoms with E-state index in [0.717, 1.165) is 42.0 Å². The van der Waals surface area contributed by atoms with Gasteiger partial charge in [0.15, 0.2) is 0 Å². The van der Waals surface area contributed by atoms with Crippen LogP contribution in [-0.2, 0) is 0 Å². The van der Waals surface area contributed by atoms with Crippen molar-refractivity contribution in [2.75, 3.05) is 46.2 Å². The number of nitriles is 1. The largest absolute Gasteiger partial charge is 0.497 e. The number of anilines is 1. The normalized spacial score (nSPS) is 10.7. The average Bonchev–Trinajstić information content (AvgIpc) is 2.52. The highest BCUT2D eigenvalue weighted by atomic mass is 16.5. The molecule has 0 aliphatic heterocycles. The molecule has 0 amide bonds. The van der Waals surface area contributed by atoms with E-state index in [1.807, 2.05) is 36.2 Å². The Bertz CT molecular complexity index is 691. The van der Waals surface area contributed by atoms with Gasteiger partial charge in [0.1, 0.15) is 17.6 Å². The van der Waals surface area contributed by atoms with E-state index < -0.39 is 0 Å². The first-order valence-corrected chi connectivity index (χ1v) is 7.30. The highest BCUT2D eigenvalue weighted by molar-refractivity contribution is 5.84. The molecule has 1 aromatic heterocycles. The first-order valence-electron chi connectivity index (χ1n) is 7.30. The maximum Gasteiger partial charge on any atom is 0.146 e. The van der Waals surface area contributed by atoms with Gasteiger partial charge in [-0.1, -0.05) is 0 Å². The molecule has 0 aliphatic rings. The lowest BCUT2D eigenvalue weighted by Gasteiger charge is -2.21. The Hall–Kier alpha value is -2.32. The molecular weight excluding hydrogens is 276 g/mol. The van der Waals surface area contributed by atoms with Crippen LogP contribution in [0.15, 0.2) is 24.3 Å². The van der Waals surface area contributed by atoms with Crippen molar-refractivity contribution in [3.8, 4) is 11.8 Å². The summed E-state index contributed by atoms with van der Waals surface area (Å²) >= 11 is 0. The Morgan fingerprint density at radius 3 is 2.59 bits per heavy atom. The van der Waals surface area contributed by atoms with Crippen molar-refractivity contribution >= 4 is 16.7 Å². The number of methoxy groups -OCH3 is 1. The second-order valence-corrected chi connectivity index (χ2v) is 5.61. The van der Waals surface area contributed by atoms with Crippen LogP contribution >= 0.6 is 0 Å². The number of fused-ring (bicyclic) bond motifs is 1. The maximum absolute atomic E-state index is 9.41. The minimum absolute atomic E-state index is 0.591. The highest BCUT2D eigenvalue weighted by Crippen LogP contribution is 2.25. The summed E-state index contributed by atoms with van der Waals surface area (Å²) in [6, 6.07) is 9.84. The van der Waals surface area contributed by atoms with Gasteiger partial charge in [0.2, 0.25) is 0 Å². The van der Waals surface area contributed by atoms with Gasteiger partial charge < -0.3 is 14.5 Å². The lowest BCUT2D eigenvalue weighted by atomic mass is 10.1. The number of hydrogen-bond acceptors (Lipinski definition) is 5. The monoisotopic (exact) mass is 298 g/mol. The molecule has 0 saturated carbocycles. The molecule has 0 bridgehead atoms. The van der Waals surface area contributed by atoms with Crippen LogP contribution in [0.3, 0.4) is 0 Å². The van der Waals surface area contributed by atoms with E-state index in [1.165, 1.54) is 0 Å². The van der Waals surface area contributed by atoms with Crippen molar-refractivity contribution in [1.29, 1.82) is 5.26 Å². The predicted molar refractivity (Wildman–Crippen MR) is 89.5 cm³/mol. The summed E-state index contributed by atoms with van der Waals surface area (Å²) in [6.45, 7) is 1.87. The van der Waals surface area contributed by atoms with E-state index in [4.69, 9.17) is 4.74 Å². The van der Waals surface area contributed by atoms with Gasteiger partial charge in [-0.05, 0) is 51.3 Å². The van der Waals surface area contributed by atoms with Crippen molar-refractivity contribution < 1.29 is 4.74 Å². The fraction of sp³-hybridized carbons (Fsp3) is 0.412. The van der Waals surface area contributed by atoms with Crippen LogP contribution in [0.2, 0.25) is 0 Å². The highest BCUT2D eigenvalue weighted by Gasteiger charge is 2.11. The van der Waals surface area contributed by atoms with Crippen LogP contribution in [0.4, 0.5) is 5.82 Å². The predicted octanol–water partition coefficient (Wildman–Crippen LogP) is 2.50. The molecule has 5 nitrogen and oxygen atoms in total. The molecule has 0 fully saturated rings. The molecule has 2 aromatic rings. The minimum atomic E-state index is 0.591. The van der Waals surface area contributed by atoms with E-state index in [2.05, 4.69) is 30.0 Å². The molecule has 0 spiro atoms. The number of nitrogens with zero attached hydrogens (tertiary/aromatic N) is 4. The Morgan fingerprint density at radius 2 is 1.95 bits per heavy atom. The van der Waals surface area contributed by atoms with Gasteiger partial charge in [-0.25, -0.2) is 4.98 Å². The fourth-order valence-electron chi connectivity index (χ4n) is 2.37. The van der Waals surface area contributed by atoms with Crippen molar-refractivity contribution in [3.63, 3.8) is 0 Å². The van der Waals surface area contributed by atoms with Gasteiger partial charge in [-0.15, -0.1) is 0 Å². The van der Waals surface area contributed by atoms with Gasteiger partial charge >= 0.3 is 0 Å². The molecule has 2 rings (SSSR count).